The molecule has 1 amide bonds. The fourth-order valence-electron chi connectivity index (χ4n) is 2.80. The highest BCUT2D eigenvalue weighted by molar-refractivity contribution is 5.95. The summed E-state index contributed by atoms with van der Waals surface area (Å²) in [5, 5.41) is 12.3. The predicted molar refractivity (Wildman–Crippen MR) is 99.3 cm³/mol. The summed E-state index contributed by atoms with van der Waals surface area (Å²) in [4.78, 5) is 16.9. The van der Waals surface area contributed by atoms with Gasteiger partial charge in [-0.1, -0.05) is 13.0 Å². The summed E-state index contributed by atoms with van der Waals surface area (Å²) in [5.41, 5.74) is 0.953. The van der Waals surface area contributed by atoms with Crippen LogP contribution in [0.15, 0.2) is 36.5 Å². The number of nitrogens with one attached hydrogen (secondary N) is 1. The van der Waals surface area contributed by atoms with Crippen LogP contribution in [-0.4, -0.2) is 33.0 Å². The lowest BCUT2D eigenvalue weighted by Gasteiger charge is -2.11. The Kier molecular flexibility index (Phi) is 5.89. The Morgan fingerprint density at radius 2 is 2.00 bits per heavy atom. The first-order valence-electron chi connectivity index (χ1n) is 8.92. The van der Waals surface area contributed by atoms with E-state index in [1.807, 2.05) is 6.92 Å². The Morgan fingerprint density at radius 1 is 1.29 bits per heavy atom. The molecular formula is C20H21F2N3O3. The van der Waals surface area contributed by atoms with Gasteiger partial charge in [-0.15, -0.1) is 0 Å². The number of carbonyl (C=O) groups is 1. The van der Waals surface area contributed by atoms with E-state index >= 15 is 0 Å². The number of aliphatic hydroxyl groups excluding tert-OH is 1. The van der Waals surface area contributed by atoms with Crippen LogP contribution in [0.4, 0.5) is 8.78 Å². The second-order valence-corrected chi connectivity index (χ2v) is 6.37. The molecule has 0 aliphatic rings. The Hall–Kier alpha value is -3.00. The van der Waals surface area contributed by atoms with Gasteiger partial charge in [-0.2, -0.15) is 0 Å². The molecule has 2 N–H and O–H groups in total. The van der Waals surface area contributed by atoms with Crippen molar-refractivity contribution in [1.29, 1.82) is 0 Å². The number of amides is 1. The number of aromatic nitrogens is 2. The summed E-state index contributed by atoms with van der Waals surface area (Å²) in [7, 11) is 0. The van der Waals surface area contributed by atoms with Crippen molar-refractivity contribution in [3.8, 4) is 5.75 Å². The zero-order valence-corrected chi connectivity index (χ0v) is 15.6. The number of aliphatic hydroxyl groups is 1. The van der Waals surface area contributed by atoms with E-state index in [-0.39, 0.29) is 24.6 Å². The van der Waals surface area contributed by atoms with Crippen LogP contribution in [0.2, 0.25) is 0 Å². The fraction of sp³-hybridized carbons (Fsp3) is 0.300. The van der Waals surface area contributed by atoms with Gasteiger partial charge in [0, 0.05) is 12.7 Å². The van der Waals surface area contributed by atoms with Crippen LogP contribution >= 0.6 is 0 Å². The molecule has 3 aromatic rings. The van der Waals surface area contributed by atoms with E-state index < -0.39 is 17.7 Å². The Bertz CT molecular complexity index is 984. The molecule has 1 atom stereocenters. The van der Waals surface area contributed by atoms with E-state index in [0.29, 0.717) is 29.2 Å². The number of benzene rings is 1. The summed E-state index contributed by atoms with van der Waals surface area (Å²) in [6.07, 6.45) is 1.55. The number of carbonyl (C=O) groups excluding carboxylic acids is 1. The van der Waals surface area contributed by atoms with Crippen molar-refractivity contribution in [3.63, 3.8) is 0 Å². The second kappa shape index (κ2) is 8.35. The van der Waals surface area contributed by atoms with Crippen molar-refractivity contribution >= 4 is 11.6 Å². The quantitative estimate of drug-likeness (QED) is 0.651. The minimum absolute atomic E-state index is 0.130. The summed E-state index contributed by atoms with van der Waals surface area (Å²) in [6, 6.07) is 6.87. The molecule has 148 valence electrons. The molecule has 0 fully saturated rings. The van der Waals surface area contributed by atoms with Gasteiger partial charge in [-0.25, -0.2) is 13.8 Å². The molecule has 28 heavy (non-hydrogen) atoms. The van der Waals surface area contributed by atoms with Crippen LogP contribution < -0.4 is 10.1 Å². The van der Waals surface area contributed by atoms with Crippen molar-refractivity contribution in [2.24, 2.45) is 0 Å². The van der Waals surface area contributed by atoms with Gasteiger partial charge in [-0.05, 0) is 37.6 Å². The Balaban J connectivity index is 1.87. The van der Waals surface area contributed by atoms with Crippen LogP contribution in [0.3, 0.4) is 0 Å². The molecule has 0 saturated carbocycles. The Labute approximate surface area is 160 Å². The number of nitrogens with zero attached hydrogens (tertiary/aromatic N) is 2. The maximum atomic E-state index is 13.8. The van der Waals surface area contributed by atoms with Crippen molar-refractivity contribution in [3.05, 3.63) is 65.1 Å². The van der Waals surface area contributed by atoms with Crippen LogP contribution in [-0.2, 0) is 6.61 Å². The number of pyridine rings is 1. The molecular weight excluding hydrogens is 368 g/mol. The highest BCUT2D eigenvalue weighted by Gasteiger charge is 2.19. The molecule has 0 radical (unpaired) electrons. The average molecular weight is 389 g/mol. The number of fused-ring (bicyclic) bond motifs is 1. The lowest BCUT2D eigenvalue weighted by molar-refractivity contribution is 0.0907. The Morgan fingerprint density at radius 3 is 2.68 bits per heavy atom. The standard InChI is InChI=1S/C20H21F2N3O3/c1-3-13(26)10-23-20(27)18-12(2)24-19-17(8-5-9-25(18)19)28-11-14-15(21)6-4-7-16(14)22/h4-9,13,26H,3,10-11H2,1-2H3,(H,23,27). The van der Waals surface area contributed by atoms with Crippen LogP contribution in [0.25, 0.3) is 5.65 Å². The molecule has 0 bridgehead atoms. The molecule has 8 heteroatoms. The molecule has 2 heterocycles. The van der Waals surface area contributed by atoms with Crippen LogP contribution in [0.1, 0.15) is 35.1 Å². The highest BCUT2D eigenvalue weighted by atomic mass is 19.1. The van der Waals surface area contributed by atoms with Gasteiger partial charge in [0.05, 0.1) is 17.4 Å². The first kappa shape index (κ1) is 19.8. The molecule has 3 rings (SSSR count). The van der Waals surface area contributed by atoms with E-state index in [2.05, 4.69) is 10.3 Å². The van der Waals surface area contributed by atoms with Gasteiger partial charge in [0.25, 0.3) is 5.91 Å². The maximum absolute atomic E-state index is 13.8. The molecule has 2 aromatic heterocycles. The third-order valence-corrected chi connectivity index (χ3v) is 4.41. The van der Waals surface area contributed by atoms with Crippen molar-refractivity contribution in [2.75, 3.05) is 6.54 Å². The number of rotatable bonds is 7. The van der Waals surface area contributed by atoms with E-state index in [4.69, 9.17) is 4.74 Å². The van der Waals surface area contributed by atoms with E-state index in [1.54, 1.807) is 29.7 Å². The minimum atomic E-state index is -0.693. The first-order chi connectivity index (χ1) is 13.4. The molecule has 0 saturated heterocycles. The van der Waals surface area contributed by atoms with Crippen molar-refractivity contribution in [2.45, 2.75) is 33.0 Å². The van der Waals surface area contributed by atoms with Gasteiger partial charge >= 0.3 is 0 Å². The number of hydrogen-bond acceptors (Lipinski definition) is 4. The van der Waals surface area contributed by atoms with E-state index in [1.165, 1.54) is 6.07 Å². The molecule has 6 nitrogen and oxygen atoms in total. The van der Waals surface area contributed by atoms with Crippen molar-refractivity contribution in [1.82, 2.24) is 14.7 Å². The monoisotopic (exact) mass is 389 g/mol. The van der Waals surface area contributed by atoms with Crippen LogP contribution in [0, 0.1) is 18.6 Å². The van der Waals surface area contributed by atoms with Gasteiger partial charge in [-0.3, -0.25) is 9.20 Å². The minimum Gasteiger partial charge on any atom is -0.485 e. The summed E-state index contributed by atoms with van der Waals surface area (Å²) < 4.78 is 34.8. The number of aryl methyl sites for hydroxylation is 1. The van der Waals surface area contributed by atoms with Crippen LogP contribution in [0.5, 0.6) is 5.75 Å². The number of halogens is 2. The molecule has 0 aliphatic carbocycles. The first-order valence-corrected chi connectivity index (χ1v) is 8.92. The number of imidazole rings is 1. The van der Waals surface area contributed by atoms with E-state index in [0.717, 1.165) is 12.1 Å². The summed E-state index contributed by atoms with van der Waals surface area (Å²) in [5.74, 6) is -1.47. The molecule has 1 unspecified atom stereocenters. The smallest absolute Gasteiger partial charge is 0.270 e. The fourth-order valence-corrected chi connectivity index (χ4v) is 2.80. The van der Waals surface area contributed by atoms with Gasteiger partial charge < -0.3 is 15.2 Å². The van der Waals surface area contributed by atoms with Gasteiger partial charge in [0.15, 0.2) is 11.4 Å². The van der Waals surface area contributed by atoms with Gasteiger partial charge in [0.2, 0.25) is 0 Å². The zero-order chi connectivity index (χ0) is 20.3. The normalized spacial score (nSPS) is 12.2. The third kappa shape index (κ3) is 3.96. The molecule has 0 spiro atoms. The second-order valence-electron chi connectivity index (χ2n) is 6.37. The SMILES string of the molecule is CCC(O)CNC(=O)c1c(C)nc2c(OCc3c(F)cccc3F)cccn12. The number of hydrogen-bond donors (Lipinski definition) is 2. The lowest BCUT2D eigenvalue weighted by Crippen LogP contribution is -2.32. The van der Waals surface area contributed by atoms with Crippen molar-refractivity contribution < 1.29 is 23.4 Å². The summed E-state index contributed by atoms with van der Waals surface area (Å²) in [6.45, 7) is 3.32. The zero-order valence-electron chi connectivity index (χ0n) is 15.6. The largest absolute Gasteiger partial charge is 0.485 e. The number of ether oxygens (including phenoxy) is 1. The summed E-state index contributed by atoms with van der Waals surface area (Å²) >= 11 is 0. The topological polar surface area (TPSA) is 75.9 Å². The molecule has 0 aliphatic heterocycles. The highest BCUT2D eigenvalue weighted by Crippen LogP contribution is 2.24. The lowest BCUT2D eigenvalue weighted by atomic mass is 10.2. The van der Waals surface area contributed by atoms with Gasteiger partial charge in [0.1, 0.15) is 23.9 Å². The van der Waals surface area contributed by atoms with E-state index in [9.17, 15) is 18.7 Å². The third-order valence-electron chi connectivity index (χ3n) is 4.41. The average Bonchev–Trinajstić information content (AvgIpc) is 3.02. The predicted octanol–water partition coefficient (Wildman–Crippen LogP) is 3.00. The molecule has 1 aromatic carbocycles. The maximum Gasteiger partial charge on any atom is 0.270 e.